The van der Waals surface area contributed by atoms with Gasteiger partial charge in [-0.15, -0.1) is 0 Å². The standard InChI is InChI=1S/C19H19N3O5/c1-25-19(24)21-15-9-5-8-14(10-15)18(23)26-12-16-11-20-17(22-27-16)13-6-3-2-4-7-13/h2-10,16H,11-12H2,1H3,(H,20,22)(H,21,24)/t16-/m0/s1. The molecule has 8 heteroatoms. The molecule has 1 heterocycles. The Kier molecular flexibility index (Phi) is 6.01. The summed E-state index contributed by atoms with van der Waals surface area (Å²) in [6, 6.07) is 16.0. The maximum Gasteiger partial charge on any atom is 0.411 e. The number of amides is 1. The van der Waals surface area contributed by atoms with E-state index in [0.717, 1.165) is 5.56 Å². The summed E-state index contributed by atoms with van der Waals surface area (Å²) >= 11 is 0. The summed E-state index contributed by atoms with van der Waals surface area (Å²) in [6.45, 7) is 0.417. The van der Waals surface area contributed by atoms with Crippen LogP contribution < -0.4 is 10.8 Å². The zero-order valence-electron chi connectivity index (χ0n) is 14.7. The number of hydrogen-bond donors (Lipinski definition) is 2. The molecule has 27 heavy (non-hydrogen) atoms. The van der Waals surface area contributed by atoms with Crippen molar-refractivity contribution in [3.05, 3.63) is 65.7 Å². The molecule has 8 nitrogen and oxygen atoms in total. The van der Waals surface area contributed by atoms with Gasteiger partial charge in [-0.25, -0.2) is 15.1 Å². The summed E-state index contributed by atoms with van der Waals surface area (Å²) in [4.78, 5) is 33.3. The van der Waals surface area contributed by atoms with Gasteiger partial charge in [-0.05, 0) is 18.2 Å². The second-order valence-corrected chi connectivity index (χ2v) is 5.69. The fourth-order valence-corrected chi connectivity index (χ4v) is 2.38. The number of nitrogens with zero attached hydrogens (tertiary/aromatic N) is 1. The van der Waals surface area contributed by atoms with Crippen LogP contribution in [0, 0.1) is 0 Å². The predicted molar refractivity (Wildman–Crippen MR) is 98.6 cm³/mol. The van der Waals surface area contributed by atoms with Crippen LogP contribution in [0.25, 0.3) is 0 Å². The first-order valence-electron chi connectivity index (χ1n) is 8.29. The topological polar surface area (TPSA) is 98.2 Å². The summed E-state index contributed by atoms with van der Waals surface area (Å²) in [5, 5.41) is 2.49. The Morgan fingerprint density at radius 1 is 1.22 bits per heavy atom. The van der Waals surface area contributed by atoms with Gasteiger partial charge in [-0.1, -0.05) is 36.4 Å². The van der Waals surface area contributed by atoms with Crippen LogP contribution in [-0.2, 0) is 14.3 Å². The molecule has 0 spiro atoms. The minimum absolute atomic E-state index is 0.0477. The van der Waals surface area contributed by atoms with E-state index in [0.29, 0.717) is 23.6 Å². The van der Waals surface area contributed by atoms with Gasteiger partial charge in [-0.3, -0.25) is 15.1 Å². The number of aliphatic imine (C=N–C) groups is 1. The zero-order chi connectivity index (χ0) is 19.1. The Labute approximate surface area is 156 Å². The molecule has 1 atom stereocenters. The van der Waals surface area contributed by atoms with Crippen molar-refractivity contribution < 1.29 is 23.9 Å². The van der Waals surface area contributed by atoms with Gasteiger partial charge in [0.2, 0.25) is 0 Å². The van der Waals surface area contributed by atoms with Gasteiger partial charge in [0.05, 0.1) is 19.2 Å². The highest BCUT2D eigenvalue weighted by atomic mass is 16.7. The Morgan fingerprint density at radius 2 is 2.04 bits per heavy atom. The number of nitrogens with one attached hydrogen (secondary N) is 2. The molecule has 2 aromatic rings. The number of methoxy groups -OCH3 is 1. The molecule has 0 bridgehead atoms. The van der Waals surface area contributed by atoms with Crippen molar-refractivity contribution in [1.82, 2.24) is 5.48 Å². The maximum absolute atomic E-state index is 12.2. The third-order valence-electron chi connectivity index (χ3n) is 3.75. The minimum Gasteiger partial charge on any atom is -0.459 e. The Hall–Kier alpha value is -3.39. The van der Waals surface area contributed by atoms with Crippen molar-refractivity contribution in [2.24, 2.45) is 4.99 Å². The lowest BCUT2D eigenvalue weighted by Crippen LogP contribution is -2.40. The highest BCUT2D eigenvalue weighted by molar-refractivity contribution is 5.98. The third kappa shape index (κ3) is 5.05. The first-order valence-corrected chi connectivity index (χ1v) is 8.29. The average molecular weight is 369 g/mol. The van der Waals surface area contributed by atoms with Crippen LogP contribution in [0.15, 0.2) is 59.6 Å². The van der Waals surface area contributed by atoms with Crippen LogP contribution in [0.1, 0.15) is 15.9 Å². The highest BCUT2D eigenvalue weighted by Crippen LogP contribution is 2.13. The van der Waals surface area contributed by atoms with E-state index in [9.17, 15) is 9.59 Å². The number of rotatable bonds is 5. The van der Waals surface area contributed by atoms with Gasteiger partial charge in [0, 0.05) is 11.3 Å². The van der Waals surface area contributed by atoms with Gasteiger partial charge >= 0.3 is 12.1 Å². The molecule has 0 aromatic heterocycles. The van der Waals surface area contributed by atoms with E-state index >= 15 is 0 Å². The number of hydroxylamine groups is 1. The van der Waals surface area contributed by atoms with E-state index in [1.807, 2.05) is 30.3 Å². The lowest BCUT2D eigenvalue weighted by molar-refractivity contribution is -0.0349. The number of anilines is 1. The average Bonchev–Trinajstić information content (AvgIpc) is 2.73. The smallest absolute Gasteiger partial charge is 0.411 e. The molecule has 1 aliphatic heterocycles. The molecule has 140 valence electrons. The highest BCUT2D eigenvalue weighted by Gasteiger charge is 2.19. The van der Waals surface area contributed by atoms with Gasteiger partial charge < -0.3 is 9.47 Å². The van der Waals surface area contributed by atoms with Gasteiger partial charge in [0.1, 0.15) is 12.7 Å². The van der Waals surface area contributed by atoms with Crippen LogP contribution in [-0.4, -0.2) is 44.3 Å². The molecule has 0 fully saturated rings. The van der Waals surface area contributed by atoms with Gasteiger partial charge in [0.25, 0.3) is 0 Å². The largest absolute Gasteiger partial charge is 0.459 e. The Morgan fingerprint density at radius 3 is 2.74 bits per heavy atom. The van der Waals surface area contributed by atoms with Crippen molar-refractivity contribution in [2.75, 3.05) is 25.6 Å². The van der Waals surface area contributed by atoms with Crippen LogP contribution >= 0.6 is 0 Å². The lowest BCUT2D eigenvalue weighted by Gasteiger charge is -2.22. The van der Waals surface area contributed by atoms with Crippen molar-refractivity contribution in [2.45, 2.75) is 6.10 Å². The van der Waals surface area contributed by atoms with E-state index in [-0.39, 0.29) is 6.61 Å². The van der Waals surface area contributed by atoms with Crippen LogP contribution in [0.2, 0.25) is 0 Å². The molecule has 0 saturated carbocycles. The van der Waals surface area contributed by atoms with Crippen molar-refractivity contribution in [3.63, 3.8) is 0 Å². The summed E-state index contributed by atoms with van der Waals surface area (Å²) in [7, 11) is 1.26. The van der Waals surface area contributed by atoms with Crippen molar-refractivity contribution in [3.8, 4) is 0 Å². The number of amidine groups is 1. The summed E-state index contributed by atoms with van der Waals surface area (Å²) in [5.41, 5.74) is 4.44. The Bertz CT molecular complexity index is 838. The molecule has 2 N–H and O–H groups in total. The second-order valence-electron chi connectivity index (χ2n) is 5.69. The van der Waals surface area contributed by atoms with E-state index in [4.69, 9.17) is 9.57 Å². The SMILES string of the molecule is COC(=O)Nc1cccc(C(=O)OC[C@@H]2CN=C(c3ccccc3)NO2)c1. The number of benzene rings is 2. The van der Waals surface area contributed by atoms with Crippen LogP contribution in [0.3, 0.4) is 0 Å². The zero-order valence-corrected chi connectivity index (χ0v) is 14.7. The van der Waals surface area contributed by atoms with E-state index in [2.05, 4.69) is 20.5 Å². The van der Waals surface area contributed by atoms with E-state index in [1.165, 1.54) is 13.2 Å². The number of ether oxygens (including phenoxy) is 2. The molecular formula is C19H19N3O5. The van der Waals surface area contributed by atoms with Crippen LogP contribution in [0.5, 0.6) is 0 Å². The van der Waals surface area contributed by atoms with E-state index < -0.39 is 18.2 Å². The summed E-state index contributed by atoms with van der Waals surface area (Å²) < 4.78 is 9.80. The lowest BCUT2D eigenvalue weighted by atomic mass is 10.2. The molecule has 0 radical (unpaired) electrons. The fourth-order valence-electron chi connectivity index (χ4n) is 2.38. The van der Waals surface area contributed by atoms with Crippen molar-refractivity contribution in [1.29, 1.82) is 0 Å². The van der Waals surface area contributed by atoms with Gasteiger partial charge in [0.15, 0.2) is 5.84 Å². The monoisotopic (exact) mass is 369 g/mol. The number of hydrogen-bond acceptors (Lipinski definition) is 7. The molecule has 0 saturated heterocycles. The minimum atomic E-state index is -0.616. The molecule has 3 rings (SSSR count). The molecule has 0 aliphatic carbocycles. The molecular weight excluding hydrogens is 350 g/mol. The first kappa shape index (κ1) is 18.4. The van der Waals surface area contributed by atoms with Crippen molar-refractivity contribution >= 4 is 23.6 Å². The number of esters is 1. The second kappa shape index (κ2) is 8.81. The molecule has 2 aromatic carbocycles. The first-order chi connectivity index (χ1) is 13.2. The van der Waals surface area contributed by atoms with Gasteiger partial charge in [-0.2, -0.15) is 0 Å². The van der Waals surface area contributed by atoms with Crippen LogP contribution in [0.4, 0.5) is 10.5 Å². The predicted octanol–water partition coefficient (Wildman–Crippen LogP) is 2.37. The molecule has 1 amide bonds. The normalized spacial score (nSPS) is 15.9. The third-order valence-corrected chi connectivity index (χ3v) is 3.75. The quantitative estimate of drug-likeness (QED) is 0.785. The maximum atomic E-state index is 12.2. The molecule has 1 aliphatic rings. The number of carbonyl (C=O) groups is 2. The molecule has 0 unspecified atom stereocenters. The fraction of sp³-hybridized carbons (Fsp3) is 0.211. The van der Waals surface area contributed by atoms with E-state index in [1.54, 1.807) is 18.2 Å². The summed E-state index contributed by atoms with van der Waals surface area (Å²) in [5.74, 6) is 0.115. The Balaban J connectivity index is 1.52. The number of carbonyl (C=O) groups excluding carboxylic acids is 2. The summed E-state index contributed by atoms with van der Waals surface area (Å²) in [6.07, 6.45) is -1.01.